The highest BCUT2D eigenvalue weighted by atomic mass is 16.5. The van der Waals surface area contributed by atoms with E-state index in [0.717, 1.165) is 22.4 Å². The molecular weight excluding hydrogens is 462 g/mol. The molecule has 1 fully saturated rings. The van der Waals surface area contributed by atoms with Crippen LogP contribution in [0.15, 0.2) is 94.4 Å². The number of aryl methyl sites for hydroxylation is 1. The van der Waals surface area contributed by atoms with Crippen molar-refractivity contribution in [2.24, 2.45) is 0 Å². The molecule has 1 amide bonds. The summed E-state index contributed by atoms with van der Waals surface area (Å²) in [6.07, 6.45) is 10.1. The van der Waals surface area contributed by atoms with Crippen molar-refractivity contribution >= 4 is 29.0 Å². The third kappa shape index (κ3) is 4.49. The van der Waals surface area contributed by atoms with Gasteiger partial charge in [0.15, 0.2) is 5.43 Å². The highest BCUT2D eigenvalue weighted by Gasteiger charge is 2.37. The second kappa shape index (κ2) is 9.25. The second-order valence-electron chi connectivity index (χ2n) is 9.80. The molecule has 1 spiro atoms. The molecule has 3 heterocycles. The fourth-order valence-electron chi connectivity index (χ4n) is 5.09. The van der Waals surface area contributed by atoms with Crippen molar-refractivity contribution in [3.63, 3.8) is 0 Å². The van der Waals surface area contributed by atoms with Gasteiger partial charge in [-0.1, -0.05) is 54.1 Å². The molecule has 37 heavy (non-hydrogen) atoms. The van der Waals surface area contributed by atoms with Crippen LogP contribution < -0.4 is 10.2 Å². The van der Waals surface area contributed by atoms with E-state index in [1.807, 2.05) is 43.3 Å². The lowest BCUT2D eigenvalue weighted by Crippen LogP contribution is -2.49. The van der Waals surface area contributed by atoms with Crippen molar-refractivity contribution in [1.82, 2.24) is 4.90 Å². The molecule has 0 unspecified atom stereocenters. The number of hydrogen-bond acceptors (Lipinski definition) is 4. The van der Waals surface area contributed by atoms with Gasteiger partial charge in [0.05, 0.1) is 10.9 Å². The average molecular weight is 490 g/mol. The molecule has 0 saturated carbocycles. The SMILES string of the molecule is Cc1ccc2occ(/C=C/C(=O)N3CCC4(C=Cc5cc(-c6ccccc6)ccc5O4)CC3)c(=O)c2c1. The Morgan fingerprint density at radius 1 is 0.973 bits per heavy atom. The normalized spacial score (nSPS) is 16.2. The number of rotatable bonds is 3. The number of ether oxygens (including phenoxy) is 1. The van der Waals surface area contributed by atoms with Gasteiger partial charge in [0.1, 0.15) is 23.2 Å². The van der Waals surface area contributed by atoms with Crippen LogP contribution in [0.25, 0.3) is 34.2 Å². The van der Waals surface area contributed by atoms with Crippen LogP contribution in [0.5, 0.6) is 5.75 Å². The van der Waals surface area contributed by atoms with Crippen LogP contribution in [0, 0.1) is 6.92 Å². The zero-order chi connectivity index (χ0) is 25.4. The van der Waals surface area contributed by atoms with Gasteiger partial charge in [0.2, 0.25) is 5.91 Å². The highest BCUT2D eigenvalue weighted by Crippen LogP contribution is 2.38. The molecule has 0 radical (unpaired) electrons. The number of likely N-dealkylation sites (tertiary alicyclic amines) is 1. The lowest BCUT2D eigenvalue weighted by Gasteiger charge is -2.41. The first-order chi connectivity index (χ1) is 18.0. The monoisotopic (exact) mass is 489 g/mol. The number of benzene rings is 3. The average Bonchev–Trinajstić information content (AvgIpc) is 2.93. The largest absolute Gasteiger partial charge is 0.482 e. The van der Waals surface area contributed by atoms with Gasteiger partial charge in [-0.05, 0) is 54.5 Å². The summed E-state index contributed by atoms with van der Waals surface area (Å²) < 4.78 is 12.1. The van der Waals surface area contributed by atoms with Crippen LogP contribution in [-0.2, 0) is 4.79 Å². The van der Waals surface area contributed by atoms with Gasteiger partial charge in [0.25, 0.3) is 0 Å². The summed E-state index contributed by atoms with van der Waals surface area (Å²) in [4.78, 5) is 27.5. The number of hydrogen-bond donors (Lipinski definition) is 0. The summed E-state index contributed by atoms with van der Waals surface area (Å²) in [7, 11) is 0. The molecule has 2 aliphatic rings. The fraction of sp³-hybridized carbons (Fsp3) is 0.188. The predicted octanol–water partition coefficient (Wildman–Crippen LogP) is 6.25. The maximum Gasteiger partial charge on any atom is 0.246 e. The summed E-state index contributed by atoms with van der Waals surface area (Å²) in [5, 5.41) is 0.520. The first-order valence-corrected chi connectivity index (χ1v) is 12.6. The van der Waals surface area contributed by atoms with Gasteiger partial charge in [0, 0.05) is 37.6 Å². The zero-order valence-corrected chi connectivity index (χ0v) is 20.6. The van der Waals surface area contributed by atoms with Gasteiger partial charge in [-0.2, -0.15) is 0 Å². The van der Waals surface area contributed by atoms with Crippen LogP contribution in [0.4, 0.5) is 0 Å². The van der Waals surface area contributed by atoms with E-state index in [1.165, 1.54) is 17.9 Å². The smallest absolute Gasteiger partial charge is 0.246 e. The van der Waals surface area contributed by atoms with E-state index in [-0.39, 0.29) is 11.3 Å². The molecular formula is C32H27NO4. The highest BCUT2D eigenvalue weighted by molar-refractivity contribution is 5.92. The molecule has 0 aliphatic carbocycles. The van der Waals surface area contributed by atoms with E-state index in [9.17, 15) is 9.59 Å². The van der Waals surface area contributed by atoms with Gasteiger partial charge >= 0.3 is 0 Å². The van der Waals surface area contributed by atoms with Crippen molar-refractivity contribution in [3.05, 3.63) is 112 Å². The minimum atomic E-state index is -0.404. The number of piperidine rings is 1. The van der Waals surface area contributed by atoms with Crippen LogP contribution in [-0.4, -0.2) is 29.5 Å². The molecule has 5 nitrogen and oxygen atoms in total. The molecule has 5 heteroatoms. The number of carbonyl (C=O) groups is 1. The minimum Gasteiger partial charge on any atom is -0.482 e. The summed E-state index contributed by atoms with van der Waals surface area (Å²) in [5.41, 5.74) is 4.75. The second-order valence-corrected chi connectivity index (χ2v) is 9.80. The molecule has 1 aromatic heterocycles. The van der Waals surface area contributed by atoms with Crippen LogP contribution in [0.3, 0.4) is 0 Å². The first-order valence-electron chi connectivity index (χ1n) is 12.6. The zero-order valence-electron chi connectivity index (χ0n) is 20.6. The van der Waals surface area contributed by atoms with Gasteiger partial charge in [-0.3, -0.25) is 9.59 Å². The van der Waals surface area contributed by atoms with Crippen LogP contribution in [0.2, 0.25) is 0 Å². The van der Waals surface area contributed by atoms with E-state index >= 15 is 0 Å². The topological polar surface area (TPSA) is 59.8 Å². The van der Waals surface area contributed by atoms with Crippen LogP contribution >= 0.6 is 0 Å². The quantitative estimate of drug-likeness (QED) is 0.319. The van der Waals surface area contributed by atoms with E-state index in [4.69, 9.17) is 9.15 Å². The van der Waals surface area contributed by atoms with Crippen molar-refractivity contribution in [3.8, 4) is 16.9 Å². The summed E-state index contributed by atoms with van der Waals surface area (Å²) in [6.45, 7) is 3.09. The Morgan fingerprint density at radius 2 is 1.78 bits per heavy atom. The minimum absolute atomic E-state index is 0.119. The Bertz CT molecular complexity index is 1610. The van der Waals surface area contributed by atoms with Crippen molar-refractivity contribution in [1.29, 1.82) is 0 Å². The number of carbonyl (C=O) groups excluding carboxylic acids is 1. The van der Waals surface area contributed by atoms with E-state index in [0.29, 0.717) is 42.5 Å². The van der Waals surface area contributed by atoms with Gasteiger partial charge in [-0.15, -0.1) is 0 Å². The molecule has 0 atom stereocenters. The van der Waals surface area contributed by atoms with E-state index in [1.54, 1.807) is 17.0 Å². The molecule has 2 aliphatic heterocycles. The van der Waals surface area contributed by atoms with Crippen LogP contribution in [0.1, 0.15) is 29.5 Å². The first kappa shape index (κ1) is 23.0. The Kier molecular flexibility index (Phi) is 5.76. The molecule has 0 bridgehead atoms. The molecule has 3 aromatic carbocycles. The number of nitrogens with zero attached hydrogens (tertiary/aromatic N) is 1. The van der Waals surface area contributed by atoms with E-state index in [2.05, 4.69) is 36.4 Å². The molecule has 1 saturated heterocycles. The fourth-order valence-corrected chi connectivity index (χ4v) is 5.09. The number of amides is 1. The van der Waals surface area contributed by atoms with E-state index < -0.39 is 5.60 Å². The standard InChI is InChI=1S/C32H27NO4/c1-22-7-10-29-27(19-22)31(35)26(21-36-29)9-12-30(34)33-17-15-32(16-18-33)14-13-25-20-24(8-11-28(25)37-32)23-5-3-2-4-6-23/h2-14,19-21H,15-18H2,1H3/b12-9+. The summed E-state index contributed by atoms with van der Waals surface area (Å²) in [6, 6.07) is 22.1. The Morgan fingerprint density at radius 3 is 2.59 bits per heavy atom. The predicted molar refractivity (Wildman–Crippen MR) is 146 cm³/mol. The van der Waals surface area contributed by atoms with Crippen molar-refractivity contribution < 1.29 is 13.9 Å². The molecule has 0 N–H and O–H groups in total. The number of fused-ring (bicyclic) bond motifs is 2. The Hall–Kier alpha value is -4.38. The molecule has 184 valence electrons. The van der Waals surface area contributed by atoms with Gasteiger partial charge < -0.3 is 14.1 Å². The lowest BCUT2D eigenvalue weighted by atomic mass is 9.87. The third-order valence-electron chi connectivity index (χ3n) is 7.28. The summed E-state index contributed by atoms with van der Waals surface area (Å²) >= 11 is 0. The van der Waals surface area contributed by atoms with Crippen molar-refractivity contribution in [2.75, 3.05) is 13.1 Å². The van der Waals surface area contributed by atoms with Gasteiger partial charge in [-0.25, -0.2) is 0 Å². The molecule has 6 rings (SSSR count). The maximum absolute atomic E-state index is 12.9. The maximum atomic E-state index is 12.9. The Balaban J connectivity index is 1.12. The summed E-state index contributed by atoms with van der Waals surface area (Å²) in [5.74, 6) is 0.756. The lowest BCUT2D eigenvalue weighted by molar-refractivity contribution is -0.128. The molecule has 4 aromatic rings. The third-order valence-corrected chi connectivity index (χ3v) is 7.28. The van der Waals surface area contributed by atoms with Crippen molar-refractivity contribution in [2.45, 2.75) is 25.4 Å². The Labute approximate surface area is 215 Å².